The van der Waals surface area contributed by atoms with Gasteiger partial charge in [0, 0.05) is 21.8 Å². The lowest BCUT2D eigenvalue weighted by Gasteiger charge is -2.19. The van der Waals surface area contributed by atoms with Gasteiger partial charge in [-0.2, -0.15) is 0 Å². The van der Waals surface area contributed by atoms with Gasteiger partial charge in [-0.15, -0.1) is 0 Å². The third-order valence-electron chi connectivity index (χ3n) is 5.02. The van der Waals surface area contributed by atoms with E-state index in [1.54, 1.807) is 24.3 Å². The average Bonchev–Trinajstić information content (AvgIpc) is 3.43. The number of hydrogen-bond acceptors (Lipinski definition) is 3. The van der Waals surface area contributed by atoms with E-state index in [0.717, 1.165) is 35.2 Å². The molecule has 27 heavy (non-hydrogen) atoms. The van der Waals surface area contributed by atoms with Crippen LogP contribution in [0, 0.1) is 6.92 Å². The maximum atomic E-state index is 12.6. The minimum atomic E-state index is -0.285. The van der Waals surface area contributed by atoms with E-state index in [2.05, 4.69) is 22.4 Å². The van der Waals surface area contributed by atoms with Crippen molar-refractivity contribution in [3.05, 3.63) is 82.5 Å². The SMILES string of the molecule is Cc1ccc(-c2ccc(C3(NC(=O)c4ccc(Cl)cc4)CC3)cc2)c(N)n1. The summed E-state index contributed by atoms with van der Waals surface area (Å²) in [5.74, 6) is 0.445. The van der Waals surface area contributed by atoms with E-state index in [4.69, 9.17) is 17.3 Å². The van der Waals surface area contributed by atoms with Gasteiger partial charge >= 0.3 is 0 Å². The lowest BCUT2D eigenvalue weighted by atomic mass is 9.99. The van der Waals surface area contributed by atoms with Crippen LogP contribution < -0.4 is 11.1 Å². The van der Waals surface area contributed by atoms with Crippen LogP contribution in [0.3, 0.4) is 0 Å². The van der Waals surface area contributed by atoms with E-state index < -0.39 is 0 Å². The fraction of sp³-hybridized carbons (Fsp3) is 0.182. The molecule has 1 fully saturated rings. The Morgan fingerprint density at radius 1 is 1.04 bits per heavy atom. The number of carbonyl (C=O) groups excluding carboxylic acids is 1. The molecule has 1 heterocycles. The number of nitrogens with one attached hydrogen (secondary N) is 1. The fourth-order valence-electron chi connectivity index (χ4n) is 3.29. The number of amides is 1. The Morgan fingerprint density at radius 2 is 1.70 bits per heavy atom. The van der Waals surface area contributed by atoms with Crippen molar-refractivity contribution in [2.45, 2.75) is 25.3 Å². The highest BCUT2D eigenvalue weighted by atomic mass is 35.5. The van der Waals surface area contributed by atoms with Gasteiger partial charge in [0.25, 0.3) is 5.91 Å². The zero-order valence-electron chi connectivity index (χ0n) is 15.0. The van der Waals surface area contributed by atoms with Gasteiger partial charge < -0.3 is 11.1 Å². The molecule has 1 aliphatic rings. The Hall–Kier alpha value is -2.85. The van der Waals surface area contributed by atoms with E-state index in [-0.39, 0.29) is 11.4 Å². The summed E-state index contributed by atoms with van der Waals surface area (Å²) in [6.07, 6.45) is 1.86. The Bertz CT molecular complexity index is 993. The number of benzene rings is 2. The third-order valence-corrected chi connectivity index (χ3v) is 5.27. The van der Waals surface area contributed by atoms with Crippen LogP contribution in [0.1, 0.15) is 34.5 Å². The second-order valence-corrected chi connectivity index (χ2v) is 7.44. The van der Waals surface area contributed by atoms with Crippen LogP contribution in [0.2, 0.25) is 5.02 Å². The van der Waals surface area contributed by atoms with Gasteiger partial charge in [-0.1, -0.05) is 35.9 Å². The summed E-state index contributed by atoms with van der Waals surface area (Å²) in [5.41, 5.74) is 10.3. The summed E-state index contributed by atoms with van der Waals surface area (Å²) in [4.78, 5) is 16.9. The summed E-state index contributed by atoms with van der Waals surface area (Å²) in [6.45, 7) is 1.92. The van der Waals surface area contributed by atoms with E-state index in [9.17, 15) is 4.79 Å². The topological polar surface area (TPSA) is 68.0 Å². The molecule has 0 atom stereocenters. The first-order valence-corrected chi connectivity index (χ1v) is 9.27. The van der Waals surface area contributed by atoms with Gasteiger partial charge in [0.1, 0.15) is 5.82 Å². The molecule has 4 nitrogen and oxygen atoms in total. The maximum absolute atomic E-state index is 12.6. The average molecular weight is 378 g/mol. The van der Waals surface area contributed by atoms with E-state index >= 15 is 0 Å². The normalized spacial score (nSPS) is 14.6. The van der Waals surface area contributed by atoms with E-state index in [0.29, 0.717) is 16.4 Å². The Labute approximate surface area is 163 Å². The van der Waals surface area contributed by atoms with Crippen LogP contribution in [-0.4, -0.2) is 10.9 Å². The largest absolute Gasteiger partial charge is 0.383 e. The van der Waals surface area contributed by atoms with Crippen molar-refractivity contribution in [2.75, 3.05) is 5.73 Å². The molecule has 1 aromatic heterocycles. The highest BCUT2D eigenvalue weighted by Crippen LogP contribution is 2.46. The highest BCUT2D eigenvalue weighted by Gasteiger charge is 2.45. The number of nitrogens with two attached hydrogens (primary N) is 1. The smallest absolute Gasteiger partial charge is 0.251 e. The minimum absolute atomic E-state index is 0.0831. The minimum Gasteiger partial charge on any atom is -0.383 e. The number of aryl methyl sites for hydroxylation is 1. The highest BCUT2D eigenvalue weighted by molar-refractivity contribution is 6.30. The van der Waals surface area contributed by atoms with Crippen molar-refractivity contribution in [3.8, 4) is 11.1 Å². The lowest BCUT2D eigenvalue weighted by Crippen LogP contribution is -2.34. The molecule has 0 spiro atoms. The fourth-order valence-corrected chi connectivity index (χ4v) is 3.42. The van der Waals surface area contributed by atoms with E-state index in [1.165, 1.54) is 0 Å². The van der Waals surface area contributed by atoms with Crippen LogP contribution in [0.4, 0.5) is 5.82 Å². The van der Waals surface area contributed by atoms with Gasteiger partial charge in [-0.25, -0.2) is 4.98 Å². The Kier molecular flexibility index (Phi) is 4.36. The molecular weight excluding hydrogens is 358 g/mol. The molecule has 3 N–H and O–H groups in total. The second-order valence-electron chi connectivity index (χ2n) is 7.01. The zero-order valence-corrected chi connectivity index (χ0v) is 15.8. The molecule has 5 heteroatoms. The maximum Gasteiger partial charge on any atom is 0.251 e. The van der Waals surface area contributed by atoms with Crippen LogP contribution in [0.25, 0.3) is 11.1 Å². The third kappa shape index (κ3) is 3.53. The number of halogens is 1. The predicted molar refractivity (Wildman–Crippen MR) is 109 cm³/mol. The molecule has 0 aliphatic heterocycles. The summed E-state index contributed by atoms with van der Waals surface area (Å²) in [7, 11) is 0. The van der Waals surface area contributed by atoms with Crippen molar-refractivity contribution in [1.29, 1.82) is 0 Å². The zero-order chi connectivity index (χ0) is 19.0. The van der Waals surface area contributed by atoms with Gasteiger partial charge in [-0.3, -0.25) is 4.79 Å². The number of nitrogens with zero attached hydrogens (tertiary/aromatic N) is 1. The number of rotatable bonds is 4. The van der Waals surface area contributed by atoms with Gasteiger partial charge in [0.15, 0.2) is 0 Å². The molecule has 1 aliphatic carbocycles. The first-order valence-electron chi connectivity index (χ1n) is 8.89. The van der Waals surface area contributed by atoms with Gasteiger partial charge in [-0.05, 0) is 67.3 Å². The number of hydrogen-bond donors (Lipinski definition) is 2. The summed E-state index contributed by atoms with van der Waals surface area (Å²) in [5, 5.41) is 3.80. The van der Waals surface area contributed by atoms with Crippen LogP contribution >= 0.6 is 11.6 Å². The predicted octanol–water partition coefficient (Wildman–Crippen LogP) is 4.71. The molecule has 2 aromatic carbocycles. The van der Waals surface area contributed by atoms with Gasteiger partial charge in [0.2, 0.25) is 0 Å². The molecule has 1 amide bonds. The van der Waals surface area contributed by atoms with Crippen LogP contribution in [0.5, 0.6) is 0 Å². The molecule has 3 aromatic rings. The van der Waals surface area contributed by atoms with Crippen molar-refractivity contribution in [3.63, 3.8) is 0 Å². The summed E-state index contributed by atoms with van der Waals surface area (Å²) >= 11 is 5.90. The summed E-state index contributed by atoms with van der Waals surface area (Å²) in [6, 6.07) is 19.1. The van der Waals surface area contributed by atoms with E-state index in [1.807, 2.05) is 31.2 Å². The molecule has 0 radical (unpaired) electrons. The Balaban J connectivity index is 1.54. The monoisotopic (exact) mass is 377 g/mol. The quantitative estimate of drug-likeness (QED) is 0.691. The lowest BCUT2D eigenvalue weighted by molar-refractivity contribution is 0.0931. The number of aromatic nitrogens is 1. The van der Waals surface area contributed by atoms with Crippen molar-refractivity contribution in [2.24, 2.45) is 0 Å². The molecule has 0 unspecified atom stereocenters. The summed E-state index contributed by atoms with van der Waals surface area (Å²) < 4.78 is 0. The molecule has 0 saturated heterocycles. The second kappa shape index (κ2) is 6.71. The molecule has 4 rings (SSSR count). The molecular formula is C22H20ClN3O. The standard InChI is InChI=1S/C22H20ClN3O/c1-14-2-11-19(20(24)25-14)15-3-7-17(8-4-15)22(12-13-22)26-21(27)16-5-9-18(23)10-6-16/h2-11H,12-13H2,1H3,(H2,24,25)(H,26,27). The number of carbonyl (C=O) groups is 1. The molecule has 0 bridgehead atoms. The van der Waals surface area contributed by atoms with Crippen LogP contribution in [-0.2, 0) is 5.54 Å². The van der Waals surface area contributed by atoms with Gasteiger partial charge in [0.05, 0.1) is 5.54 Å². The first-order chi connectivity index (χ1) is 13.0. The Morgan fingerprint density at radius 3 is 2.30 bits per heavy atom. The molecule has 1 saturated carbocycles. The van der Waals surface area contributed by atoms with Crippen molar-refractivity contribution in [1.82, 2.24) is 10.3 Å². The number of pyridine rings is 1. The number of anilines is 1. The number of nitrogen functional groups attached to an aromatic ring is 1. The first kappa shape index (κ1) is 17.6. The van der Waals surface area contributed by atoms with Crippen molar-refractivity contribution >= 4 is 23.3 Å². The van der Waals surface area contributed by atoms with Crippen LogP contribution in [0.15, 0.2) is 60.7 Å². The van der Waals surface area contributed by atoms with Crippen molar-refractivity contribution < 1.29 is 4.79 Å². The molecule has 136 valence electrons.